The normalized spacial score (nSPS) is 19.1. The van der Waals surface area contributed by atoms with Crippen LogP contribution >= 0.6 is 0 Å². The number of fused-ring (bicyclic) bond motifs is 1. The van der Waals surface area contributed by atoms with Gasteiger partial charge in [-0.3, -0.25) is 4.79 Å². The molecule has 1 fully saturated rings. The van der Waals surface area contributed by atoms with E-state index < -0.39 is 5.91 Å². The molecule has 0 atom stereocenters. The lowest BCUT2D eigenvalue weighted by Crippen LogP contribution is -2.35. The fourth-order valence-electron chi connectivity index (χ4n) is 4.69. The Bertz CT molecular complexity index is 1080. The number of ether oxygens (including phenoxy) is 1. The van der Waals surface area contributed by atoms with Crippen molar-refractivity contribution < 1.29 is 9.53 Å². The van der Waals surface area contributed by atoms with E-state index in [9.17, 15) is 4.79 Å². The second-order valence-electron chi connectivity index (χ2n) is 9.92. The Hall–Kier alpha value is -2.92. The van der Waals surface area contributed by atoms with Gasteiger partial charge in [-0.15, -0.1) is 0 Å². The minimum Gasteiger partial charge on any atom is -0.438 e. The van der Waals surface area contributed by atoms with Crippen molar-refractivity contribution in [1.82, 2.24) is 10.3 Å². The average molecular weight is 432 g/mol. The summed E-state index contributed by atoms with van der Waals surface area (Å²) < 4.78 is 6.04. The third kappa shape index (κ3) is 5.10. The van der Waals surface area contributed by atoms with E-state index in [4.69, 9.17) is 10.5 Å². The zero-order valence-electron chi connectivity index (χ0n) is 19.2. The molecule has 1 aromatic heterocycles. The first kappa shape index (κ1) is 22.3. The van der Waals surface area contributed by atoms with Gasteiger partial charge in [-0.2, -0.15) is 0 Å². The third-order valence-electron chi connectivity index (χ3n) is 6.74. The zero-order chi connectivity index (χ0) is 22.7. The van der Waals surface area contributed by atoms with Gasteiger partial charge in [0.15, 0.2) is 0 Å². The number of carbonyl (C=O) groups is 1. The molecule has 3 N–H and O–H groups in total. The Morgan fingerprint density at radius 3 is 2.38 bits per heavy atom. The predicted octanol–water partition coefficient (Wildman–Crippen LogP) is 5.82. The monoisotopic (exact) mass is 431 g/mol. The van der Waals surface area contributed by atoms with Crippen molar-refractivity contribution in [1.29, 1.82) is 0 Å². The van der Waals surface area contributed by atoms with Gasteiger partial charge in [0.25, 0.3) is 0 Å². The predicted molar refractivity (Wildman–Crippen MR) is 129 cm³/mol. The summed E-state index contributed by atoms with van der Waals surface area (Å²) in [5, 5.41) is 6.01. The van der Waals surface area contributed by atoms with E-state index in [0.717, 1.165) is 23.6 Å². The molecule has 1 heterocycles. The van der Waals surface area contributed by atoms with E-state index in [1.54, 1.807) is 12.1 Å². The van der Waals surface area contributed by atoms with Gasteiger partial charge >= 0.3 is 0 Å². The summed E-state index contributed by atoms with van der Waals surface area (Å²) in [6, 6.07) is 16.3. The first-order chi connectivity index (χ1) is 15.3. The maximum absolute atomic E-state index is 11.3. The van der Waals surface area contributed by atoms with Crippen LogP contribution in [0.4, 0.5) is 0 Å². The lowest BCUT2D eigenvalue weighted by Gasteiger charge is -2.37. The molecule has 0 bridgehead atoms. The van der Waals surface area contributed by atoms with E-state index in [1.165, 1.54) is 42.8 Å². The molecule has 0 radical (unpaired) electrons. The number of hydrogen-bond acceptors (Lipinski definition) is 4. The maximum atomic E-state index is 11.3. The van der Waals surface area contributed by atoms with Crippen LogP contribution in [-0.4, -0.2) is 16.9 Å². The number of benzene rings is 2. The van der Waals surface area contributed by atoms with E-state index in [2.05, 4.69) is 55.3 Å². The highest BCUT2D eigenvalue weighted by Gasteiger charge is 2.29. The molecule has 0 unspecified atom stereocenters. The summed E-state index contributed by atoms with van der Waals surface area (Å²) in [6.45, 7) is 7.94. The van der Waals surface area contributed by atoms with E-state index in [0.29, 0.717) is 22.9 Å². The van der Waals surface area contributed by atoms with Crippen molar-refractivity contribution in [3.63, 3.8) is 0 Å². The molecule has 0 aliphatic heterocycles. The molecule has 1 aliphatic rings. The van der Waals surface area contributed by atoms with Crippen LogP contribution in [0.25, 0.3) is 10.8 Å². The summed E-state index contributed by atoms with van der Waals surface area (Å²) >= 11 is 0. The molecule has 1 aliphatic carbocycles. The fourth-order valence-corrected chi connectivity index (χ4v) is 4.69. The summed E-state index contributed by atoms with van der Waals surface area (Å²) in [6.07, 6.45) is 6.53. The van der Waals surface area contributed by atoms with Gasteiger partial charge in [-0.25, -0.2) is 4.98 Å². The van der Waals surface area contributed by atoms with Crippen LogP contribution in [0.5, 0.6) is 11.6 Å². The standard InChI is InChI=1S/C27H33N3O2/c1-27(2,3)20-10-12-21(13-11-20)29-16-18-8-14-24(23-7-5-4-6-22(18)23)32-25-15-9-19(17-30-25)26(28)31/h4-9,14-15,17,20-21,29H,10-13,16H2,1-3H3,(H2,28,31). The highest BCUT2D eigenvalue weighted by molar-refractivity contribution is 5.92. The van der Waals surface area contributed by atoms with Gasteiger partial charge in [0.1, 0.15) is 5.75 Å². The number of pyridine rings is 1. The highest BCUT2D eigenvalue weighted by atomic mass is 16.5. The number of nitrogens with one attached hydrogen (secondary N) is 1. The Morgan fingerprint density at radius 1 is 1.03 bits per heavy atom. The molecule has 5 nitrogen and oxygen atoms in total. The van der Waals surface area contributed by atoms with Crippen molar-refractivity contribution in [2.75, 3.05) is 0 Å². The minimum atomic E-state index is -0.502. The van der Waals surface area contributed by atoms with Crippen LogP contribution in [0.3, 0.4) is 0 Å². The summed E-state index contributed by atoms with van der Waals surface area (Å²) in [5.41, 5.74) is 7.33. The topological polar surface area (TPSA) is 77.2 Å². The summed E-state index contributed by atoms with van der Waals surface area (Å²) in [5.74, 6) is 1.50. The van der Waals surface area contributed by atoms with Crippen molar-refractivity contribution >= 4 is 16.7 Å². The highest BCUT2D eigenvalue weighted by Crippen LogP contribution is 2.38. The second kappa shape index (κ2) is 9.29. The van der Waals surface area contributed by atoms with Gasteiger partial charge in [-0.1, -0.05) is 51.1 Å². The van der Waals surface area contributed by atoms with E-state index >= 15 is 0 Å². The molecular weight excluding hydrogens is 398 g/mol. The number of nitrogens with zero attached hydrogens (tertiary/aromatic N) is 1. The largest absolute Gasteiger partial charge is 0.438 e. The van der Waals surface area contributed by atoms with Crippen LogP contribution in [0.2, 0.25) is 0 Å². The molecule has 1 saturated carbocycles. The molecular formula is C27H33N3O2. The van der Waals surface area contributed by atoms with Crippen LogP contribution in [0.1, 0.15) is 62.4 Å². The molecule has 5 heteroatoms. The van der Waals surface area contributed by atoms with E-state index in [1.807, 2.05) is 12.1 Å². The zero-order valence-corrected chi connectivity index (χ0v) is 19.2. The van der Waals surface area contributed by atoms with Crippen molar-refractivity contribution in [3.8, 4) is 11.6 Å². The smallest absolute Gasteiger partial charge is 0.250 e. The van der Waals surface area contributed by atoms with Crippen LogP contribution < -0.4 is 15.8 Å². The third-order valence-corrected chi connectivity index (χ3v) is 6.74. The quantitative estimate of drug-likeness (QED) is 0.515. The SMILES string of the molecule is CC(C)(C)C1CCC(NCc2ccc(Oc3ccc(C(N)=O)cn3)c3ccccc23)CC1. The van der Waals surface area contributed by atoms with Gasteiger partial charge in [0.2, 0.25) is 11.8 Å². The lowest BCUT2D eigenvalue weighted by molar-refractivity contribution is 0.1000. The molecule has 1 amide bonds. The number of aromatic nitrogens is 1. The maximum Gasteiger partial charge on any atom is 0.250 e. The Balaban J connectivity index is 1.46. The molecule has 168 valence electrons. The molecule has 0 saturated heterocycles. The van der Waals surface area contributed by atoms with E-state index in [-0.39, 0.29) is 0 Å². The average Bonchev–Trinajstić information content (AvgIpc) is 2.78. The molecule has 0 spiro atoms. The molecule has 3 aromatic rings. The van der Waals surface area contributed by atoms with Gasteiger partial charge in [0, 0.05) is 30.2 Å². The second-order valence-corrected chi connectivity index (χ2v) is 9.92. The number of hydrogen-bond donors (Lipinski definition) is 2. The summed E-state index contributed by atoms with van der Waals surface area (Å²) in [4.78, 5) is 15.5. The Labute approximate surface area is 190 Å². The van der Waals surface area contributed by atoms with Crippen molar-refractivity contribution in [2.45, 2.75) is 59.0 Å². The van der Waals surface area contributed by atoms with Crippen molar-refractivity contribution in [3.05, 3.63) is 65.9 Å². The lowest BCUT2D eigenvalue weighted by atomic mass is 9.71. The Kier molecular flexibility index (Phi) is 6.47. The number of nitrogens with two attached hydrogens (primary N) is 1. The molecule has 32 heavy (non-hydrogen) atoms. The van der Waals surface area contributed by atoms with Crippen LogP contribution in [-0.2, 0) is 6.54 Å². The molecule has 4 rings (SSSR count). The first-order valence-corrected chi connectivity index (χ1v) is 11.5. The number of carbonyl (C=O) groups excluding carboxylic acids is 1. The van der Waals surface area contributed by atoms with Crippen LogP contribution in [0.15, 0.2) is 54.7 Å². The number of amides is 1. The minimum absolute atomic E-state index is 0.361. The molecule has 2 aromatic carbocycles. The van der Waals surface area contributed by atoms with Crippen molar-refractivity contribution in [2.24, 2.45) is 17.1 Å². The summed E-state index contributed by atoms with van der Waals surface area (Å²) in [7, 11) is 0. The van der Waals surface area contributed by atoms with Gasteiger partial charge in [-0.05, 0) is 60.1 Å². The Morgan fingerprint density at radius 2 is 1.75 bits per heavy atom. The fraction of sp³-hybridized carbons (Fsp3) is 0.407. The van der Waals surface area contributed by atoms with Crippen LogP contribution in [0, 0.1) is 11.3 Å². The van der Waals surface area contributed by atoms with Gasteiger partial charge < -0.3 is 15.8 Å². The number of primary amides is 1. The van der Waals surface area contributed by atoms with Gasteiger partial charge in [0.05, 0.1) is 5.56 Å². The first-order valence-electron chi connectivity index (χ1n) is 11.5. The number of rotatable bonds is 6.